The molecule has 0 radical (unpaired) electrons. The molecule has 1 aliphatic rings. The van der Waals surface area contributed by atoms with Gasteiger partial charge in [-0.15, -0.1) is 0 Å². The Kier molecular flexibility index (Phi) is 5.90. The zero-order valence-electron chi connectivity index (χ0n) is 12.1. The van der Waals surface area contributed by atoms with Gasteiger partial charge in [0.05, 0.1) is 36.8 Å². The molecule has 0 unspecified atom stereocenters. The molecule has 1 saturated heterocycles. The van der Waals surface area contributed by atoms with Crippen molar-refractivity contribution < 1.29 is 31.2 Å². The molecule has 1 aromatic carbocycles. The van der Waals surface area contributed by atoms with E-state index >= 15 is 0 Å². The molecule has 0 saturated carbocycles. The SMILES string of the molecule is O=S(=O)(NCC[NH+]1CCOCC1)c1ccc(Cl)cc1C(F)(F)F. The summed E-state index contributed by atoms with van der Waals surface area (Å²) in [4.78, 5) is 0.331. The summed E-state index contributed by atoms with van der Waals surface area (Å²) in [5.41, 5.74) is -1.27. The molecule has 130 valence electrons. The minimum absolute atomic E-state index is 0.0532. The maximum atomic E-state index is 13.0. The van der Waals surface area contributed by atoms with Gasteiger partial charge < -0.3 is 9.64 Å². The summed E-state index contributed by atoms with van der Waals surface area (Å²) in [5.74, 6) is 0. The van der Waals surface area contributed by atoms with Crippen LogP contribution in [0.4, 0.5) is 13.2 Å². The van der Waals surface area contributed by atoms with Crippen LogP contribution in [0.15, 0.2) is 23.1 Å². The maximum absolute atomic E-state index is 13.0. The summed E-state index contributed by atoms with van der Waals surface area (Å²) in [5, 5.41) is -0.172. The molecular formula is C13H17ClF3N2O3S+. The van der Waals surface area contributed by atoms with Gasteiger partial charge in [-0.1, -0.05) is 11.6 Å². The fraction of sp³-hybridized carbons (Fsp3) is 0.538. The van der Waals surface area contributed by atoms with Crippen molar-refractivity contribution >= 4 is 21.6 Å². The maximum Gasteiger partial charge on any atom is 0.417 e. The first-order valence-corrected chi connectivity index (χ1v) is 8.84. The Bertz CT molecular complexity index is 646. The van der Waals surface area contributed by atoms with E-state index in [-0.39, 0.29) is 11.6 Å². The van der Waals surface area contributed by atoms with Crippen molar-refractivity contribution in [3.05, 3.63) is 28.8 Å². The number of sulfonamides is 1. The topological polar surface area (TPSA) is 59.8 Å². The Morgan fingerprint density at radius 3 is 2.52 bits per heavy atom. The lowest BCUT2D eigenvalue weighted by Gasteiger charge is -2.23. The van der Waals surface area contributed by atoms with E-state index in [1.807, 2.05) is 0 Å². The molecule has 2 rings (SSSR count). The van der Waals surface area contributed by atoms with E-state index in [0.29, 0.717) is 25.8 Å². The monoisotopic (exact) mass is 373 g/mol. The third-order valence-electron chi connectivity index (χ3n) is 3.51. The van der Waals surface area contributed by atoms with Crippen molar-refractivity contribution in [3.63, 3.8) is 0 Å². The molecule has 1 aromatic rings. The summed E-state index contributed by atoms with van der Waals surface area (Å²) >= 11 is 5.55. The molecule has 2 N–H and O–H groups in total. The van der Waals surface area contributed by atoms with Crippen LogP contribution in [-0.4, -0.2) is 47.8 Å². The molecule has 23 heavy (non-hydrogen) atoms. The highest BCUT2D eigenvalue weighted by Gasteiger charge is 2.37. The number of nitrogens with one attached hydrogen (secondary N) is 2. The molecular weight excluding hydrogens is 357 g/mol. The molecule has 0 spiro atoms. The van der Waals surface area contributed by atoms with Crippen molar-refractivity contribution in [1.82, 2.24) is 4.72 Å². The molecule has 5 nitrogen and oxygen atoms in total. The quantitative estimate of drug-likeness (QED) is 0.792. The van der Waals surface area contributed by atoms with Gasteiger partial charge in [-0.25, -0.2) is 13.1 Å². The van der Waals surface area contributed by atoms with Gasteiger partial charge in [0.25, 0.3) is 0 Å². The van der Waals surface area contributed by atoms with Gasteiger partial charge in [-0.2, -0.15) is 13.2 Å². The number of halogens is 4. The number of quaternary nitrogens is 1. The van der Waals surface area contributed by atoms with Crippen LogP contribution in [0.2, 0.25) is 5.02 Å². The first kappa shape index (κ1) is 18.5. The predicted octanol–water partition coefficient (Wildman–Crippen LogP) is 0.552. The number of hydrogen-bond donors (Lipinski definition) is 2. The first-order valence-electron chi connectivity index (χ1n) is 6.98. The fourth-order valence-electron chi connectivity index (χ4n) is 2.31. The molecule has 1 heterocycles. The normalized spacial score (nSPS) is 17.4. The van der Waals surface area contributed by atoms with Gasteiger partial charge in [0.1, 0.15) is 13.1 Å². The number of benzene rings is 1. The summed E-state index contributed by atoms with van der Waals surface area (Å²) in [6, 6.07) is 2.61. The second kappa shape index (κ2) is 7.35. The van der Waals surface area contributed by atoms with E-state index < -0.39 is 26.7 Å². The number of alkyl halides is 3. The molecule has 0 amide bonds. The van der Waals surface area contributed by atoms with E-state index in [4.69, 9.17) is 16.3 Å². The van der Waals surface area contributed by atoms with Crippen LogP contribution in [0.25, 0.3) is 0 Å². The zero-order valence-corrected chi connectivity index (χ0v) is 13.7. The molecule has 0 bridgehead atoms. The van der Waals surface area contributed by atoms with Gasteiger partial charge in [-0.3, -0.25) is 0 Å². The fourth-order valence-corrected chi connectivity index (χ4v) is 3.72. The Morgan fingerprint density at radius 2 is 1.91 bits per heavy atom. The molecule has 0 atom stereocenters. The van der Waals surface area contributed by atoms with E-state index in [1.165, 1.54) is 0 Å². The molecule has 0 aromatic heterocycles. The Morgan fingerprint density at radius 1 is 1.26 bits per heavy atom. The highest BCUT2D eigenvalue weighted by Crippen LogP contribution is 2.35. The van der Waals surface area contributed by atoms with Crippen LogP contribution in [-0.2, 0) is 20.9 Å². The van der Waals surface area contributed by atoms with Gasteiger partial charge in [0.15, 0.2) is 0 Å². The second-order valence-corrected chi connectivity index (χ2v) is 7.32. The molecule has 10 heteroatoms. The van der Waals surface area contributed by atoms with Gasteiger partial charge in [0.2, 0.25) is 10.0 Å². The Labute approximate surface area is 137 Å². The Hall–Kier alpha value is -0.870. The standard InChI is InChI=1S/C13H16ClF3N2O3S/c14-10-1-2-12(11(9-10)13(15,16)17)23(20,21)18-3-4-19-5-7-22-8-6-19/h1-2,9,18H,3-8H2/p+1. The number of rotatable bonds is 5. The van der Waals surface area contributed by atoms with Crippen LogP contribution in [0, 0.1) is 0 Å². The van der Waals surface area contributed by atoms with Crippen LogP contribution in [0.5, 0.6) is 0 Å². The zero-order chi connectivity index (χ0) is 17.1. The first-order chi connectivity index (χ1) is 10.7. The third-order valence-corrected chi connectivity index (χ3v) is 5.26. The summed E-state index contributed by atoms with van der Waals surface area (Å²) in [6.45, 7) is 3.22. The van der Waals surface area contributed by atoms with Crippen molar-refractivity contribution in [1.29, 1.82) is 0 Å². The molecule has 1 aliphatic heterocycles. The van der Waals surface area contributed by atoms with Gasteiger partial charge in [-0.05, 0) is 18.2 Å². The molecule has 1 fully saturated rings. The van der Waals surface area contributed by atoms with Gasteiger partial charge >= 0.3 is 6.18 Å². The van der Waals surface area contributed by atoms with Crippen LogP contribution in [0.3, 0.4) is 0 Å². The smallest absolute Gasteiger partial charge is 0.370 e. The minimum atomic E-state index is -4.80. The second-order valence-electron chi connectivity index (χ2n) is 5.15. The van der Waals surface area contributed by atoms with Crippen molar-refractivity contribution in [2.75, 3.05) is 39.4 Å². The lowest BCUT2D eigenvalue weighted by atomic mass is 10.2. The third kappa shape index (κ3) is 5.05. The summed E-state index contributed by atoms with van der Waals surface area (Å²) in [6.07, 6.45) is -4.80. The number of morpholine rings is 1. The van der Waals surface area contributed by atoms with Crippen LogP contribution < -0.4 is 9.62 Å². The summed E-state index contributed by atoms with van der Waals surface area (Å²) < 4.78 is 70.7. The largest absolute Gasteiger partial charge is 0.417 e. The van der Waals surface area contributed by atoms with E-state index in [9.17, 15) is 21.6 Å². The van der Waals surface area contributed by atoms with Crippen LogP contribution >= 0.6 is 11.6 Å². The lowest BCUT2D eigenvalue weighted by Crippen LogP contribution is -3.14. The average Bonchev–Trinajstić information content (AvgIpc) is 2.47. The van der Waals surface area contributed by atoms with Crippen molar-refractivity contribution in [2.24, 2.45) is 0 Å². The van der Waals surface area contributed by atoms with E-state index in [1.54, 1.807) is 0 Å². The predicted molar refractivity (Wildman–Crippen MR) is 78.0 cm³/mol. The molecule has 0 aliphatic carbocycles. The van der Waals surface area contributed by atoms with E-state index in [0.717, 1.165) is 30.1 Å². The van der Waals surface area contributed by atoms with Crippen molar-refractivity contribution in [2.45, 2.75) is 11.1 Å². The van der Waals surface area contributed by atoms with Gasteiger partial charge in [0, 0.05) is 5.02 Å². The van der Waals surface area contributed by atoms with Crippen molar-refractivity contribution in [3.8, 4) is 0 Å². The highest BCUT2D eigenvalue weighted by atomic mass is 35.5. The minimum Gasteiger partial charge on any atom is -0.370 e. The van der Waals surface area contributed by atoms with E-state index in [2.05, 4.69) is 4.72 Å². The number of ether oxygens (including phenoxy) is 1. The highest BCUT2D eigenvalue weighted by molar-refractivity contribution is 7.89. The number of hydrogen-bond acceptors (Lipinski definition) is 3. The lowest BCUT2D eigenvalue weighted by molar-refractivity contribution is -0.906. The average molecular weight is 374 g/mol. The summed E-state index contributed by atoms with van der Waals surface area (Å²) in [7, 11) is -4.26. The Balaban J connectivity index is 2.10. The van der Waals surface area contributed by atoms with Crippen LogP contribution in [0.1, 0.15) is 5.56 Å².